The summed E-state index contributed by atoms with van der Waals surface area (Å²) in [5, 5.41) is 0. The normalized spacial score (nSPS) is 26.3. The molecular formula is C14H24O2. The Morgan fingerprint density at radius 3 is 2.56 bits per heavy atom. The van der Waals surface area contributed by atoms with Gasteiger partial charge >= 0.3 is 5.97 Å². The first-order chi connectivity index (χ1) is 7.51. The highest BCUT2D eigenvalue weighted by Gasteiger charge is 2.39. The van der Waals surface area contributed by atoms with Crippen molar-refractivity contribution in [3.8, 4) is 0 Å². The lowest BCUT2D eigenvalue weighted by molar-refractivity contribution is -0.145. The topological polar surface area (TPSA) is 26.3 Å². The van der Waals surface area contributed by atoms with E-state index in [1.807, 2.05) is 6.92 Å². The summed E-state index contributed by atoms with van der Waals surface area (Å²) in [6.07, 6.45) is 6.39. The Morgan fingerprint density at radius 2 is 2.12 bits per heavy atom. The molecule has 2 heteroatoms. The van der Waals surface area contributed by atoms with Crippen molar-refractivity contribution in [3.05, 3.63) is 11.6 Å². The summed E-state index contributed by atoms with van der Waals surface area (Å²) >= 11 is 0. The third-order valence-electron chi connectivity index (χ3n) is 3.62. The fourth-order valence-electron chi connectivity index (χ4n) is 2.41. The van der Waals surface area contributed by atoms with Gasteiger partial charge in [0.25, 0.3) is 0 Å². The average molecular weight is 224 g/mol. The van der Waals surface area contributed by atoms with E-state index in [0.29, 0.717) is 12.5 Å². The minimum absolute atomic E-state index is 0.0233. The van der Waals surface area contributed by atoms with Gasteiger partial charge < -0.3 is 4.74 Å². The van der Waals surface area contributed by atoms with Crippen LogP contribution in [0.1, 0.15) is 53.4 Å². The highest BCUT2D eigenvalue weighted by molar-refractivity contribution is 5.78. The first kappa shape index (κ1) is 13.3. The summed E-state index contributed by atoms with van der Waals surface area (Å²) in [6.45, 7) is 9.17. The van der Waals surface area contributed by atoms with Crippen molar-refractivity contribution in [1.82, 2.24) is 0 Å². The zero-order valence-corrected chi connectivity index (χ0v) is 11.0. The molecule has 1 saturated heterocycles. The monoisotopic (exact) mass is 224 g/mol. The second kappa shape index (κ2) is 5.51. The molecule has 0 N–H and O–H groups in total. The van der Waals surface area contributed by atoms with Gasteiger partial charge in [0.2, 0.25) is 0 Å². The van der Waals surface area contributed by atoms with Crippen molar-refractivity contribution in [2.45, 2.75) is 53.4 Å². The van der Waals surface area contributed by atoms with Crippen LogP contribution in [0.3, 0.4) is 0 Å². The molecule has 0 bridgehead atoms. The van der Waals surface area contributed by atoms with Gasteiger partial charge in [0, 0.05) is 0 Å². The minimum atomic E-state index is -0.271. The van der Waals surface area contributed by atoms with Gasteiger partial charge in [-0.1, -0.05) is 25.5 Å². The standard InChI is InChI=1S/C14H24O2/c1-5-12(6-2)9-11(3)10-14(4)7-8-16-13(14)15/h9,12H,5-8,10H2,1-4H3/b11-9+/t14-/m1/s1. The van der Waals surface area contributed by atoms with E-state index < -0.39 is 0 Å². The van der Waals surface area contributed by atoms with Gasteiger partial charge in [-0.3, -0.25) is 4.79 Å². The van der Waals surface area contributed by atoms with Gasteiger partial charge in [0.1, 0.15) is 0 Å². The Bertz CT molecular complexity index is 276. The van der Waals surface area contributed by atoms with Gasteiger partial charge in [-0.15, -0.1) is 0 Å². The fourth-order valence-corrected chi connectivity index (χ4v) is 2.41. The van der Waals surface area contributed by atoms with Crippen LogP contribution in [0, 0.1) is 11.3 Å². The van der Waals surface area contributed by atoms with Gasteiger partial charge in [0.15, 0.2) is 0 Å². The predicted molar refractivity (Wildman–Crippen MR) is 66.1 cm³/mol. The van der Waals surface area contributed by atoms with E-state index in [-0.39, 0.29) is 11.4 Å². The molecule has 0 spiro atoms. The Hall–Kier alpha value is -0.790. The molecule has 1 rings (SSSR count). The molecule has 0 unspecified atom stereocenters. The molecule has 16 heavy (non-hydrogen) atoms. The third kappa shape index (κ3) is 3.10. The molecule has 0 radical (unpaired) electrons. The largest absolute Gasteiger partial charge is 0.465 e. The van der Waals surface area contributed by atoms with Crippen molar-refractivity contribution in [2.75, 3.05) is 6.61 Å². The number of cyclic esters (lactones) is 1. The van der Waals surface area contributed by atoms with Crippen molar-refractivity contribution in [3.63, 3.8) is 0 Å². The van der Waals surface area contributed by atoms with Gasteiger partial charge in [-0.05, 0) is 45.4 Å². The summed E-state index contributed by atoms with van der Waals surface area (Å²) in [5.74, 6) is 0.630. The van der Waals surface area contributed by atoms with E-state index in [9.17, 15) is 4.79 Å². The SMILES string of the molecule is CCC(/C=C(\C)C[C@@]1(C)CCOC1=O)CC. The molecule has 2 nitrogen and oxygen atoms in total. The van der Waals surface area contributed by atoms with Crippen LogP contribution in [0.25, 0.3) is 0 Å². The van der Waals surface area contributed by atoms with Gasteiger partial charge in [-0.25, -0.2) is 0 Å². The quantitative estimate of drug-likeness (QED) is 0.525. The molecule has 0 amide bonds. The fraction of sp³-hybridized carbons (Fsp3) is 0.786. The first-order valence-electron chi connectivity index (χ1n) is 6.36. The van der Waals surface area contributed by atoms with E-state index in [2.05, 4.69) is 26.8 Å². The number of carbonyl (C=O) groups is 1. The molecule has 1 aliphatic heterocycles. The molecule has 0 aliphatic carbocycles. The summed E-state index contributed by atoms with van der Waals surface area (Å²) < 4.78 is 5.06. The van der Waals surface area contributed by atoms with Crippen molar-refractivity contribution >= 4 is 5.97 Å². The predicted octanol–water partition coefficient (Wildman–Crippen LogP) is 3.71. The van der Waals surface area contributed by atoms with Crippen LogP contribution < -0.4 is 0 Å². The lowest BCUT2D eigenvalue weighted by Gasteiger charge is -2.20. The number of carbonyl (C=O) groups excluding carboxylic acids is 1. The van der Waals surface area contributed by atoms with Gasteiger partial charge in [0.05, 0.1) is 12.0 Å². The molecule has 0 aromatic heterocycles. The molecule has 0 aromatic rings. The number of esters is 1. The molecule has 1 fully saturated rings. The van der Waals surface area contributed by atoms with E-state index in [4.69, 9.17) is 4.74 Å². The highest BCUT2D eigenvalue weighted by Crippen LogP contribution is 2.36. The summed E-state index contributed by atoms with van der Waals surface area (Å²) in [4.78, 5) is 11.6. The number of allylic oxidation sites excluding steroid dienone is 2. The zero-order valence-electron chi connectivity index (χ0n) is 11.0. The van der Waals surface area contributed by atoms with E-state index in [0.717, 1.165) is 12.8 Å². The molecule has 1 heterocycles. The number of rotatable bonds is 5. The van der Waals surface area contributed by atoms with E-state index in [1.165, 1.54) is 18.4 Å². The van der Waals surface area contributed by atoms with Crippen LogP contribution in [-0.2, 0) is 9.53 Å². The molecule has 92 valence electrons. The highest BCUT2D eigenvalue weighted by atomic mass is 16.5. The Kier molecular flexibility index (Phi) is 4.57. The second-order valence-electron chi connectivity index (χ2n) is 5.21. The van der Waals surface area contributed by atoms with Crippen LogP contribution in [0.5, 0.6) is 0 Å². The molecule has 1 aliphatic rings. The molecular weight excluding hydrogens is 200 g/mol. The maximum absolute atomic E-state index is 11.6. The molecule has 1 atom stereocenters. The summed E-state index contributed by atoms with van der Waals surface area (Å²) in [6, 6.07) is 0. The van der Waals surface area contributed by atoms with Crippen molar-refractivity contribution < 1.29 is 9.53 Å². The Labute approximate surface area is 99.1 Å². The van der Waals surface area contributed by atoms with Crippen molar-refractivity contribution in [1.29, 1.82) is 0 Å². The lowest BCUT2D eigenvalue weighted by atomic mass is 9.81. The van der Waals surface area contributed by atoms with Crippen LogP contribution in [0.4, 0.5) is 0 Å². The molecule has 0 saturated carbocycles. The smallest absolute Gasteiger partial charge is 0.312 e. The maximum Gasteiger partial charge on any atom is 0.312 e. The lowest BCUT2D eigenvalue weighted by Crippen LogP contribution is -2.22. The Balaban J connectivity index is 2.62. The van der Waals surface area contributed by atoms with Crippen LogP contribution in [-0.4, -0.2) is 12.6 Å². The van der Waals surface area contributed by atoms with E-state index >= 15 is 0 Å². The third-order valence-corrected chi connectivity index (χ3v) is 3.62. The summed E-state index contributed by atoms with van der Waals surface area (Å²) in [5.41, 5.74) is 1.06. The number of ether oxygens (including phenoxy) is 1. The second-order valence-corrected chi connectivity index (χ2v) is 5.21. The van der Waals surface area contributed by atoms with E-state index in [1.54, 1.807) is 0 Å². The van der Waals surface area contributed by atoms with Gasteiger partial charge in [-0.2, -0.15) is 0 Å². The minimum Gasteiger partial charge on any atom is -0.465 e. The Morgan fingerprint density at radius 1 is 1.50 bits per heavy atom. The van der Waals surface area contributed by atoms with Crippen molar-refractivity contribution in [2.24, 2.45) is 11.3 Å². The number of hydrogen-bond acceptors (Lipinski definition) is 2. The molecule has 0 aromatic carbocycles. The first-order valence-corrected chi connectivity index (χ1v) is 6.36. The average Bonchev–Trinajstić information content (AvgIpc) is 2.55. The number of hydrogen-bond donors (Lipinski definition) is 0. The maximum atomic E-state index is 11.6. The van der Waals surface area contributed by atoms with Crippen LogP contribution in [0.15, 0.2) is 11.6 Å². The summed E-state index contributed by atoms with van der Waals surface area (Å²) in [7, 11) is 0. The van der Waals surface area contributed by atoms with Crippen LogP contribution in [0.2, 0.25) is 0 Å². The van der Waals surface area contributed by atoms with Crippen LogP contribution >= 0.6 is 0 Å². The zero-order chi connectivity index (χ0) is 12.2.